The Bertz CT molecular complexity index is 3330. The van der Waals surface area contributed by atoms with Crippen molar-refractivity contribution in [3.8, 4) is 5.40 Å². The molecule has 28 heteroatoms. The molecular weight excluding hydrogens is 1420 g/mol. The van der Waals surface area contributed by atoms with Gasteiger partial charge < -0.3 is 36.5 Å². The summed E-state index contributed by atoms with van der Waals surface area (Å²) in [7, 11) is 1.11. The topological polar surface area (TPSA) is 278 Å². The Morgan fingerprint density at radius 1 is 0.634 bits per heavy atom. The summed E-state index contributed by atoms with van der Waals surface area (Å²) in [5.74, 6) is -1.45. The predicted octanol–water partition coefficient (Wildman–Crippen LogP) is 18.4. The normalized spacial score (nSPS) is 9.24. The SMILES string of the molecule is C.C.C.C.C.C=Cc1cn2ccnc2cc1F.C=Cc1cnc(N)cc1F.C=Cc1cnc(N)cc1F.C=[CH][Sn]([CH2]CCC)([CH2]CCC)[CH2]CCC.CC(=O)B=NSC#N.Nc1cc(F)c(Br)cn1.Nc1cc(F)ccn1.O=CCCl.O=Cc1cn2ccnc2cc1F. The first-order valence-electron chi connectivity index (χ1n) is 26.6. The van der Waals surface area contributed by atoms with E-state index in [4.69, 9.17) is 44.6 Å². The molecule has 0 bridgehead atoms. The monoisotopic (exact) mass is 1510 g/mol. The van der Waals surface area contributed by atoms with Crippen LogP contribution in [0.15, 0.2) is 144 Å². The number of carbonyl (C=O) groups excluding carboxylic acids is 3. The van der Waals surface area contributed by atoms with Gasteiger partial charge in [-0.2, -0.15) is 0 Å². The van der Waals surface area contributed by atoms with Crippen molar-refractivity contribution in [1.29, 1.82) is 5.26 Å². The number of nitrogen functional groups attached to an aromatic ring is 4. The van der Waals surface area contributed by atoms with Crippen molar-refractivity contribution < 1.29 is 40.7 Å². The van der Waals surface area contributed by atoms with Crippen molar-refractivity contribution in [2.45, 2.75) is 117 Å². The van der Waals surface area contributed by atoms with Crippen molar-refractivity contribution in [3.63, 3.8) is 0 Å². The van der Waals surface area contributed by atoms with E-state index in [0.29, 0.717) is 57.0 Å². The fraction of sp³-hybridized carbons (Fsp3) is 0.292. The van der Waals surface area contributed by atoms with Gasteiger partial charge in [0.2, 0.25) is 0 Å². The maximum Gasteiger partial charge on any atom is 0.154 e. The van der Waals surface area contributed by atoms with Crippen LogP contribution in [0.25, 0.3) is 29.5 Å². The minimum Gasteiger partial charge on any atom is -0.384 e. The first-order valence-corrected chi connectivity index (χ1v) is 36.4. The molecule has 0 aliphatic rings. The third-order valence-corrected chi connectivity index (χ3v) is 26.1. The second-order valence-corrected chi connectivity index (χ2v) is 32.6. The van der Waals surface area contributed by atoms with Crippen LogP contribution in [0.1, 0.15) is 130 Å². The van der Waals surface area contributed by atoms with Crippen LogP contribution in [0.2, 0.25) is 13.3 Å². The largest absolute Gasteiger partial charge is 0.384 e. The minimum atomic E-state index is -1.85. The molecule has 0 amide bonds. The summed E-state index contributed by atoms with van der Waals surface area (Å²) in [5.41, 5.74) is 22.9. The molecule has 0 spiro atoms. The van der Waals surface area contributed by atoms with Gasteiger partial charge in [-0.3, -0.25) is 4.79 Å². The number of alkyl halides is 1. The van der Waals surface area contributed by atoms with E-state index in [0.717, 1.165) is 25.3 Å². The summed E-state index contributed by atoms with van der Waals surface area (Å²) < 4.78 is 90.0. The molecule has 8 heterocycles. The predicted molar refractivity (Wildman–Crippen MR) is 386 cm³/mol. The molecule has 0 aliphatic carbocycles. The van der Waals surface area contributed by atoms with Gasteiger partial charge >= 0.3 is 153 Å². The molecule has 0 fully saturated rings. The molecule has 8 N–H and O–H groups in total. The molecule has 0 aliphatic heterocycles. The average molecular weight is 1510 g/mol. The number of nitriles is 1. The van der Waals surface area contributed by atoms with Crippen molar-refractivity contribution in [3.05, 3.63) is 196 Å². The molecule has 0 radical (unpaired) electrons. The molecule has 0 saturated heterocycles. The number of halogens is 8. The van der Waals surface area contributed by atoms with Gasteiger partial charge in [0.1, 0.15) is 75.8 Å². The van der Waals surface area contributed by atoms with E-state index < -0.39 is 24.2 Å². The zero-order valence-corrected chi connectivity index (χ0v) is 55.2. The molecule has 0 atom stereocenters. The Morgan fingerprint density at radius 3 is 1.33 bits per heavy atom. The van der Waals surface area contributed by atoms with Crippen LogP contribution >= 0.6 is 39.5 Å². The summed E-state index contributed by atoms with van der Waals surface area (Å²) in [6.07, 6.45) is 28.8. The molecule has 8 rings (SSSR count). The zero-order valence-electron chi connectivity index (χ0n) is 49.2. The van der Waals surface area contributed by atoms with Crippen LogP contribution in [0.3, 0.4) is 0 Å². The molecular formula is C65H91BBrClF6N14O3SSn. The second-order valence-electron chi connectivity index (χ2n) is 17.7. The van der Waals surface area contributed by atoms with Crippen molar-refractivity contribution >= 4 is 136 Å². The zero-order chi connectivity index (χ0) is 66.5. The van der Waals surface area contributed by atoms with Gasteiger partial charge in [0.05, 0.1) is 15.9 Å². The third-order valence-electron chi connectivity index (χ3n) is 11.1. The van der Waals surface area contributed by atoms with E-state index in [2.05, 4.69) is 101 Å². The van der Waals surface area contributed by atoms with Crippen molar-refractivity contribution in [2.24, 2.45) is 4.30 Å². The molecule has 8 aromatic rings. The molecule has 8 aromatic heterocycles. The molecule has 17 nitrogen and oxygen atoms in total. The summed E-state index contributed by atoms with van der Waals surface area (Å²) in [6, 6.07) is 8.51. The maximum atomic E-state index is 13.1. The van der Waals surface area contributed by atoms with E-state index in [-0.39, 0.29) is 107 Å². The van der Waals surface area contributed by atoms with Gasteiger partial charge in [0.25, 0.3) is 0 Å². The van der Waals surface area contributed by atoms with E-state index in [9.17, 15) is 35.9 Å². The smallest absolute Gasteiger partial charge is 0.154 e. The van der Waals surface area contributed by atoms with Crippen molar-refractivity contribution in [2.75, 3.05) is 28.8 Å². The molecule has 0 saturated carbocycles. The van der Waals surface area contributed by atoms with Crippen LogP contribution < -0.4 is 22.9 Å². The van der Waals surface area contributed by atoms with Gasteiger partial charge in [-0.1, -0.05) is 75.1 Å². The van der Waals surface area contributed by atoms with Crippen LogP contribution in [0, 0.1) is 45.6 Å². The third kappa shape index (κ3) is 41.3. The number of aldehydes is 2. The van der Waals surface area contributed by atoms with Crippen molar-refractivity contribution in [1.82, 2.24) is 38.7 Å². The number of pyridine rings is 6. The summed E-state index contributed by atoms with van der Waals surface area (Å²) in [4.78, 5) is 51.8. The van der Waals surface area contributed by atoms with E-state index in [1.165, 1.54) is 119 Å². The molecule has 508 valence electrons. The summed E-state index contributed by atoms with van der Waals surface area (Å²) in [5, 5.41) is 9.56. The number of hydrogen-bond donors (Lipinski definition) is 4. The second kappa shape index (κ2) is 56.7. The number of thiocyanates is 1. The summed E-state index contributed by atoms with van der Waals surface area (Å²) >= 11 is 6.59. The van der Waals surface area contributed by atoms with Crippen LogP contribution in [-0.2, 0) is 9.59 Å². The van der Waals surface area contributed by atoms with E-state index in [1.54, 1.807) is 58.5 Å². The van der Waals surface area contributed by atoms with Crippen LogP contribution in [0.5, 0.6) is 0 Å². The van der Waals surface area contributed by atoms with Crippen LogP contribution in [-0.4, -0.2) is 88.3 Å². The number of hydrogen-bond acceptors (Lipinski definition) is 16. The van der Waals surface area contributed by atoms with Gasteiger partial charge in [-0.05, 0) is 22.0 Å². The Hall–Kier alpha value is -8.00. The van der Waals surface area contributed by atoms with Crippen LogP contribution in [0.4, 0.5) is 49.6 Å². The number of anilines is 4. The quantitative estimate of drug-likeness (QED) is 0.0165. The minimum absolute atomic E-state index is 0. The van der Waals surface area contributed by atoms with E-state index in [1.807, 2.05) is 0 Å². The molecule has 93 heavy (non-hydrogen) atoms. The number of carbonyl (C=O) groups is 3. The van der Waals surface area contributed by atoms with Gasteiger partial charge in [0, 0.05) is 115 Å². The van der Waals surface area contributed by atoms with Gasteiger partial charge in [0.15, 0.2) is 6.29 Å². The Balaban J connectivity index is -0.000000230. The number of unbranched alkanes of at least 4 members (excludes halogenated alkanes) is 3. The molecule has 0 aromatic carbocycles. The van der Waals surface area contributed by atoms with Gasteiger partial charge in [-0.25, -0.2) is 56.2 Å². The Labute approximate surface area is 568 Å². The first kappa shape index (κ1) is 96.1. The Kier molecular flexibility index (Phi) is 58.6. The van der Waals surface area contributed by atoms with E-state index >= 15 is 0 Å². The number of rotatable bonds is 17. The standard InChI is InChI=1S/C9H7FN2.C8H5FN2O.2C7H7FN2.C5H4BrFN2.C5H5FN2.3C4H9.C3H3BN2OS.C2H3ClO.C2H3.5CH4.Sn/c1-2-7-6-12-4-3-11-9(12)5-8(7)10;9-7-3-8-10-1-2-11(8)4-6(7)5-12;2*1-2-5-4-10-7(9)3-6(5)8;6-3-2-9-5(8)1-4(3)7;6-4-1-2-8-5(7)3-4;3*1-3-4-2;1-3(7)4-6-8-2-5;3-1-2-4;1-2;;;;;;/h2-6H,1H2;1-5H;2*2-4H,1H2,(H2,9,10);1-2H,(H2,8,9);1-3H,(H2,7,8);3*1,3-4H2,2H3;1H3;2H,1H2;1H,2H2;5*1H4;. The fourth-order valence-corrected chi connectivity index (χ4v) is 20.0. The number of imidazole rings is 2. The number of aromatic nitrogens is 8. The fourth-order valence-electron chi connectivity index (χ4n) is 6.60. The number of fused-ring (bicyclic) bond motifs is 2. The number of nitrogens with two attached hydrogens (primary N) is 4. The average Bonchev–Trinajstić information content (AvgIpc) is 1.76. The van der Waals surface area contributed by atoms with Gasteiger partial charge in [-0.15, -0.1) is 11.6 Å². The Morgan fingerprint density at radius 2 is 1.02 bits per heavy atom. The first-order chi connectivity index (χ1) is 42.0. The number of nitrogens with zero attached hydrogens (tertiary/aromatic N) is 10. The molecule has 0 unspecified atom stereocenters. The maximum absolute atomic E-state index is 13.1. The summed E-state index contributed by atoms with van der Waals surface area (Å²) in [6.45, 7) is 22.8.